The van der Waals surface area contributed by atoms with Crippen molar-refractivity contribution in [2.75, 3.05) is 4.90 Å². The van der Waals surface area contributed by atoms with Crippen LogP contribution in [0.3, 0.4) is 0 Å². The van der Waals surface area contributed by atoms with E-state index in [1.165, 1.54) is 12.3 Å². The van der Waals surface area contributed by atoms with Gasteiger partial charge in [0, 0.05) is 6.20 Å². The highest BCUT2D eigenvalue weighted by Crippen LogP contribution is 2.27. The number of carbonyl (C=O) groups excluding carboxylic acids is 2. The second kappa shape index (κ2) is 4.03. The van der Waals surface area contributed by atoms with E-state index in [1.807, 2.05) is 6.07 Å². The topological polar surface area (TPSA) is 74.1 Å². The van der Waals surface area contributed by atoms with Crippen LogP contribution in [0.2, 0.25) is 0 Å². The maximum atomic E-state index is 12.2. The van der Waals surface area contributed by atoms with E-state index in [9.17, 15) is 9.59 Å². The standard InChI is InChI=1S/C14H7N3O2/c15-8-9-3-1-4-10(7-9)17-13(18)11-5-2-6-16-12(11)14(17)19/h1-7H. The van der Waals surface area contributed by atoms with Crippen molar-refractivity contribution in [1.29, 1.82) is 5.26 Å². The molecule has 90 valence electrons. The van der Waals surface area contributed by atoms with Crippen LogP contribution < -0.4 is 4.90 Å². The quantitative estimate of drug-likeness (QED) is 0.721. The maximum Gasteiger partial charge on any atom is 0.284 e. The Morgan fingerprint density at radius 2 is 1.95 bits per heavy atom. The van der Waals surface area contributed by atoms with Crippen LogP contribution >= 0.6 is 0 Å². The summed E-state index contributed by atoms with van der Waals surface area (Å²) in [4.78, 5) is 29.3. The first-order valence-electron chi connectivity index (χ1n) is 5.56. The lowest BCUT2D eigenvalue weighted by molar-refractivity contribution is 0.0924. The van der Waals surface area contributed by atoms with Gasteiger partial charge in [0.05, 0.1) is 22.9 Å². The minimum Gasteiger partial charge on any atom is -0.268 e. The number of hydrogen-bond donors (Lipinski definition) is 0. The molecule has 2 aromatic rings. The highest BCUT2D eigenvalue weighted by Gasteiger charge is 2.37. The van der Waals surface area contributed by atoms with Crippen LogP contribution in [0.4, 0.5) is 5.69 Å². The molecule has 0 bridgehead atoms. The molecule has 1 aromatic heterocycles. The third-order valence-electron chi connectivity index (χ3n) is 2.88. The largest absolute Gasteiger partial charge is 0.284 e. The second-order valence-electron chi connectivity index (χ2n) is 4.01. The van der Waals surface area contributed by atoms with Crippen LogP contribution in [0, 0.1) is 11.3 Å². The molecule has 0 atom stereocenters. The lowest BCUT2D eigenvalue weighted by Gasteiger charge is -2.13. The number of amides is 2. The molecule has 2 heterocycles. The zero-order valence-corrected chi connectivity index (χ0v) is 9.70. The van der Waals surface area contributed by atoms with Crippen molar-refractivity contribution >= 4 is 17.5 Å². The van der Waals surface area contributed by atoms with Crippen LogP contribution in [0.1, 0.15) is 26.4 Å². The van der Waals surface area contributed by atoms with Crippen molar-refractivity contribution in [3.63, 3.8) is 0 Å². The van der Waals surface area contributed by atoms with E-state index in [2.05, 4.69) is 4.98 Å². The van der Waals surface area contributed by atoms with Gasteiger partial charge in [0.25, 0.3) is 11.8 Å². The number of hydrogen-bond acceptors (Lipinski definition) is 4. The first kappa shape index (κ1) is 11.1. The normalized spacial score (nSPS) is 13.3. The summed E-state index contributed by atoms with van der Waals surface area (Å²) in [6.45, 7) is 0. The predicted octanol–water partition coefficient (Wildman–Crippen LogP) is 1.75. The van der Waals surface area contributed by atoms with Gasteiger partial charge in [-0.15, -0.1) is 0 Å². The summed E-state index contributed by atoms with van der Waals surface area (Å²) >= 11 is 0. The Balaban J connectivity index is 2.12. The van der Waals surface area contributed by atoms with Gasteiger partial charge >= 0.3 is 0 Å². The third kappa shape index (κ3) is 1.58. The molecule has 0 aliphatic carbocycles. The second-order valence-corrected chi connectivity index (χ2v) is 4.01. The highest BCUT2D eigenvalue weighted by atomic mass is 16.2. The summed E-state index contributed by atoms with van der Waals surface area (Å²) in [7, 11) is 0. The molecular formula is C14H7N3O2. The van der Waals surface area contributed by atoms with Crippen molar-refractivity contribution in [1.82, 2.24) is 4.98 Å². The number of fused-ring (bicyclic) bond motifs is 1. The molecule has 0 unspecified atom stereocenters. The van der Waals surface area contributed by atoms with Gasteiger partial charge in [-0.1, -0.05) is 6.07 Å². The summed E-state index contributed by atoms with van der Waals surface area (Å²) in [5, 5.41) is 8.86. The van der Waals surface area contributed by atoms with E-state index in [4.69, 9.17) is 5.26 Å². The van der Waals surface area contributed by atoms with E-state index in [-0.39, 0.29) is 11.3 Å². The Labute approximate surface area is 108 Å². The van der Waals surface area contributed by atoms with Crippen molar-refractivity contribution in [2.45, 2.75) is 0 Å². The lowest BCUT2D eigenvalue weighted by atomic mass is 10.2. The van der Waals surface area contributed by atoms with Crippen LogP contribution in [0.15, 0.2) is 42.6 Å². The van der Waals surface area contributed by atoms with Gasteiger partial charge in [-0.3, -0.25) is 14.6 Å². The molecule has 0 radical (unpaired) electrons. The number of carbonyl (C=O) groups is 2. The van der Waals surface area contributed by atoms with Gasteiger partial charge in [0.2, 0.25) is 0 Å². The molecule has 0 N–H and O–H groups in total. The molecule has 1 aromatic carbocycles. The van der Waals surface area contributed by atoms with E-state index in [0.717, 1.165) is 4.90 Å². The van der Waals surface area contributed by atoms with Gasteiger partial charge in [0.1, 0.15) is 5.69 Å². The fourth-order valence-electron chi connectivity index (χ4n) is 2.02. The zero-order chi connectivity index (χ0) is 13.4. The van der Waals surface area contributed by atoms with Crippen LogP contribution in [-0.4, -0.2) is 16.8 Å². The number of nitriles is 1. The fourth-order valence-corrected chi connectivity index (χ4v) is 2.02. The van der Waals surface area contributed by atoms with Crippen LogP contribution in [0.25, 0.3) is 0 Å². The Bertz CT molecular complexity index is 711. The molecule has 19 heavy (non-hydrogen) atoms. The monoisotopic (exact) mass is 249 g/mol. The smallest absolute Gasteiger partial charge is 0.268 e. The van der Waals surface area contributed by atoms with Crippen molar-refractivity contribution in [3.8, 4) is 6.07 Å². The van der Waals surface area contributed by atoms with Gasteiger partial charge in [0.15, 0.2) is 0 Å². The zero-order valence-electron chi connectivity index (χ0n) is 9.70. The average molecular weight is 249 g/mol. The van der Waals surface area contributed by atoms with Gasteiger partial charge < -0.3 is 0 Å². The van der Waals surface area contributed by atoms with E-state index >= 15 is 0 Å². The predicted molar refractivity (Wildman–Crippen MR) is 66.5 cm³/mol. The molecule has 1 aliphatic rings. The number of benzene rings is 1. The minimum absolute atomic E-state index is 0.148. The SMILES string of the molecule is N#Cc1cccc(N2C(=O)c3cccnc3C2=O)c1. The first-order chi connectivity index (χ1) is 9.22. The number of aromatic nitrogens is 1. The molecule has 2 amide bonds. The molecule has 3 rings (SSSR count). The van der Waals surface area contributed by atoms with Crippen molar-refractivity contribution in [3.05, 3.63) is 59.4 Å². The molecule has 5 heteroatoms. The third-order valence-corrected chi connectivity index (χ3v) is 2.88. The number of anilines is 1. The molecule has 1 aliphatic heterocycles. The first-order valence-corrected chi connectivity index (χ1v) is 5.56. The molecule has 0 saturated carbocycles. The molecule has 0 spiro atoms. The van der Waals surface area contributed by atoms with Crippen molar-refractivity contribution in [2.24, 2.45) is 0 Å². The van der Waals surface area contributed by atoms with Crippen LogP contribution in [-0.2, 0) is 0 Å². The Hall–Kier alpha value is -3.00. The summed E-state index contributed by atoms with van der Waals surface area (Å²) in [6.07, 6.45) is 1.47. The van der Waals surface area contributed by atoms with Gasteiger partial charge in [-0.05, 0) is 30.3 Å². The molecule has 0 fully saturated rings. The van der Waals surface area contributed by atoms with E-state index < -0.39 is 11.8 Å². The number of nitrogens with zero attached hydrogens (tertiary/aromatic N) is 3. The maximum absolute atomic E-state index is 12.2. The molecule has 0 saturated heterocycles. The number of rotatable bonds is 1. The number of pyridine rings is 1. The summed E-state index contributed by atoms with van der Waals surface area (Å²) in [6, 6.07) is 11.5. The van der Waals surface area contributed by atoms with Crippen molar-refractivity contribution < 1.29 is 9.59 Å². The van der Waals surface area contributed by atoms with Crippen LogP contribution in [0.5, 0.6) is 0 Å². The summed E-state index contributed by atoms with van der Waals surface area (Å²) < 4.78 is 0. The van der Waals surface area contributed by atoms with Gasteiger partial charge in [-0.2, -0.15) is 5.26 Å². The summed E-state index contributed by atoms with van der Waals surface area (Å²) in [5.41, 5.74) is 1.21. The Kier molecular flexibility index (Phi) is 2.36. The van der Waals surface area contributed by atoms with Gasteiger partial charge in [-0.25, -0.2) is 4.90 Å². The lowest BCUT2D eigenvalue weighted by Crippen LogP contribution is -2.29. The summed E-state index contributed by atoms with van der Waals surface area (Å²) in [5.74, 6) is -0.876. The number of imide groups is 1. The molecule has 5 nitrogen and oxygen atoms in total. The molecular weight excluding hydrogens is 242 g/mol. The van der Waals surface area contributed by atoms with E-state index in [0.29, 0.717) is 11.3 Å². The Morgan fingerprint density at radius 1 is 1.11 bits per heavy atom. The van der Waals surface area contributed by atoms with E-state index in [1.54, 1.807) is 30.3 Å². The highest BCUT2D eigenvalue weighted by molar-refractivity contribution is 6.33. The average Bonchev–Trinajstić information content (AvgIpc) is 2.72. The fraction of sp³-hybridized carbons (Fsp3) is 0. The Morgan fingerprint density at radius 3 is 2.68 bits per heavy atom. The minimum atomic E-state index is -0.462.